The van der Waals surface area contributed by atoms with Gasteiger partial charge in [0.05, 0.1) is 12.1 Å². The Kier molecular flexibility index (Phi) is 7.44. The second kappa shape index (κ2) is 9.85. The van der Waals surface area contributed by atoms with Crippen LogP contribution < -0.4 is 10.1 Å². The summed E-state index contributed by atoms with van der Waals surface area (Å²) in [4.78, 5) is 14.5. The molecular formula is C22H32N4O3S. The molecule has 1 aliphatic heterocycles. The summed E-state index contributed by atoms with van der Waals surface area (Å²) < 4.78 is 5.90. The first kappa shape index (κ1) is 22.7. The van der Waals surface area contributed by atoms with Crippen molar-refractivity contribution in [3.63, 3.8) is 0 Å². The molecule has 8 heteroatoms. The number of aliphatic hydroxyl groups is 1. The highest BCUT2D eigenvalue weighted by Crippen LogP contribution is 2.25. The van der Waals surface area contributed by atoms with Gasteiger partial charge in [0, 0.05) is 12.5 Å². The van der Waals surface area contributed by atoms with Gasteiger partial charge in [-0.3, -0.25) is 15.0 Å². The first-order valence-electron chi connectivity index (χ1n) is 10.5. The number of aryl methyl sites for hydroxylation is 2. The maximum absolute atomic E-state index is 12.4. The van der Waals surface area contributed by atoms with Gasteiger partial charge in [0.1, 0.15) is 17.4 Å². The average Bonchev–Trinajstić information content (AvgIpc) is 3.08. The number of carbonyl (C=O) groups is 1. The van der Waals surface area contributed by atoms with Gasteiger partial charge in [-0.15, -0.1) is 10.2 Å². The lowest BCUT2D eigenvalue weighted by molar-refractivity contribution is -0.117. The molecule has 1 unspecified atom stereocenters. The van der Waals surface area contributed by atoms with Crippen LogP contribution >= 0.6 is 11.3 Å². The van der Waals surface area contributed by atoms with E-state index in [1.807, 2.05) is 32.0 Å². The largest absolute Gasteiger partial charge is 0.491 e. The lowest BCUT2D eigenvalue weighted by Gasteiger charge is -2.27. The van der Waals surface area contributed by atoms with Gasteiger partial charge in [0.2, 0.25) is 11.0 Å². The van der Waals surface area contributed by atoms with Crippen molar-refractivity contribution in [1.29, 1.82) is 0 Å². The predicted octanol–water partition coefficient (Wildman–Crippen LogP) is 3.51. The van der Waals surface area contributed by atoms with Crippen molar-refractivity contribution < 1.29 is 14.6 Å². The molecule has 0 aliphatic carbocycles. The van der Waals surface area contributed by atoms with Crippen molar-refractivity contribution in [2.24, 2.45) is 0 Å². The summed E-state index contributed by atoms with van der Waals surface area (Å²) in [6.07, 6.45) is 2.04. The van der Waals surface area contributed by atoms with Crippen LogP contribution in [-0.4, -0.2) is 58.0 Å². The van der Waals surface area contributed by atoms with Crippen LogP contribution in [0, 0.1) is 13.8 Å². The molecule has 3 rings (SSSR count). The van der Waals surface area contributed by atoms with E-state index in [9.17, 15) is 9.90 Å². The Bertz CT molecular complexity index is 870. The maximum atomic E-state index is 12.4. The van der Waals surface area contributed by atoms with Crippen LogP contribution in [-0.2, 0) is 4.79 Å². The molecule has 30 heavy (non-hydrogen) atoms. The highest BCUT2D eigenvalue weighted by Gasteiger charge is 2.31. The van der Waals surface area contributed by atoms with Gasteiger partial charge in [0.25, 0.3) is 0 Å². The Balaban J connectivity index is 1.48. The van der Waals surface area contributed by atoms with E-state index < -0.39 is 5.60 Å². The molecule has 2 heterocycles. The van der Waals surface area contributed by atoms with E-state index in [2.05, 4.69) is 34.3 Å². The van der Waals surface area contributed by atoms with E-state index in [1.54, 1.807) is 0 Å². The second-order valence-electron chi connectivity index (χ2n) is 8.54. The third kappa shape index (κ3) is 6.23. The number of ether oxygens (including phenoxy) is 1. The first-order chi connectivity index (χ1) is 14.2. The van der Waals surface area contributed by atoms with E-state index in [4.69, 9.17) is 4.74 Å². The molecule has 0 saturated carbocycles. The molecule has 2 N–H and O–H groups in total. The minimum Gasteiger partial charge on any atom is -0.491 e. The fraction of sp³-hybridized carbons (Fsp3) is 0.591. The maximum Gasteiger partial charge on any atom is 0.240 e. The summed E-state index contributed by atoms with van der Waals surface area (Å²) in [6, 6.07) is 5.98. The normalized spacial score (nSPS) is 20.2. The molecule has 1 fully saturated rings. The number of benzene rings is 1. The molecule has 0 radical (unpaired) electrons. The van der Waals surface area contributed by atoms with Crippen molar-refractivity contribution in [1.82, 2.24) is 15.1 Å². The van der Waals surface area contributed by atoms with Crippen molar-refractivity contribution in [3.05, 3.63) is 34.3 Å². The van der Waals surface area contributed by atoms with Crippen LogP contribution in [0.2, 0.25) is 0 Å². The number of nitrogens with zero attached hydrogens (tertiary/aromatic N) is 3. The highest BCUT2D eigenvalue weighted by atomic mass is 32.1. The fourth-order valence-corrected chi connectivity index (χ4v) is 4.20. The Labute approximate surface area is 182 Å². The van der Waals surface area contributed by atoms with Gasteiger partial charge in [-0.2, -0.15) is 0 Å². The topological polar surface area (TPSA) is 87.6 Å². The van der Waals surface area contributed by atoms with Crippen LogP contribution in [0.15, 0.2) is 18.2 Å². The standard InChI is InChI=1S/C22H32N4O3S/c1-15(2)20-24-25-21(30-20)23-19(27)13-26-10-5-8-22(28,9-11-26)14-29-18-7-6-16(3)17(4)12-18/h6-7,12,15,28H,5,8-11,13-14H2,1-4H3,(H,23,25,27). The molecule has 1 aromatic carbocycles. The zero-order chi connectivity index (χ0) is 21.7. The number of hydrogen-bond acceptors (Lipinski definition) is 7. The van der Waals surface area contributed by atoms with Crippen molar-refractivity contribution in [3.8, 4) is 5.75 Å². The molecule has 1 aromatic heterocycles. The van der Waals surface area contributed by atoms with E-state index in [0.717, 1.165) is 23.7 Å². The Morgan fingerprint density at radius 2 is 2.07 bits per heavy atom. The van der Waals surface area contributed by atoms with E-state index in [-0.39, 0.29) is 19.1 Å². The number of nitrogens with one attached hydrogen (secondary N) is 1. The summed E-state index contributed by atoms with van der Waals surface area (Å²) in [5.41, 5.74) is 1.52. The summed E-state index contributed by atoms with van der Waals surface area (Å²) in [7, 11) is 0. The Morgan fingerprint density at radius 1 is 1.27 bits per heavy atom. The monoisotopic (exact) mass is 432 g/mol. The zero-order valence-electron chi connectivity index (χ0n) is 18.3. The number of aromatic nitrogens is 2. The van der Waals surface area contributed by atoms with Crippen LogP contribution in [0.25, 0.3) is 0 Å². The molecular weight excluding hydrogens is 400 g/mol. The average molecular weight is 433 g/mol. The highest BCUT2D eigenvalue weighted by molar-refractivity contribution is 7.15. The fourth-order valence-electron chi connectivity index (χ4n) is 3.44. The number of likely N-dealkylation sites (tertiary alicyclic amines) is 1. The lowest BCUT2D eigenvalue weighted by Crippen LogP contribution is -2.38. The van der Waals surface area contributed by atoms with Gasteiger partial charge in [-0.05, 0) is 62.9 Å². The Hall–Kier alpha value is -2.03. The molecule has 7 nitrogen and oxygen atoms in total. The van der Waals surface area contributed by atoms with Crippen LogP contribution in [0.3, 0.4) is 0 Å². The summed E-state index contributed by atoms with van der Waals surface area (Å²) in [6.45, 7) is 10.2. The van der Waals surface area contributed by atoms with Gasteiger partial charge >= 0.3 is 0 Å². The minimum absolute atomic E-state index is 0.0988. The summed E-state index contributed by atoms with van der Waals surface area (Å²) >= 11 is 1.41. The van der Waals surface area contributed by atoms with Crippen molar-refractivity contribution >= 4 is 22.4 Å². The molecule has 0 bridgehead atoms. The van der Waals surface area contributed by atoms with Gasteiger partial charge < -0.3 is 9.84 Å². The van der Waals surface area contributed by atoms with E-state index >= 15 is 0 Å². The molecule has 1 amide bonds. The molecule has 1 saturated heterocycles. The van der Waals surface area contributed by atoms with Crippen LogP contribution in [0.1, 0.15) is 55.2 Å². The Morgan fingerprint density at radius 3 is 2.77 bits per heavy atom. The quantitative estimate of drug-likeness (QED) is 0.696. The lowest BCUT2D eigenvalue weighted by atomic mass is 9.96. The van der Waals surface area contributed by atoms with Gasteiger partial charge in [-0.1, -0.05) is 31.3 Å². The zero-order valence-corrected chi connectivity index (χ0v) is 19.1. The third-order valence-corrected chi connectivity index (χ3v) is 6.68. The third-order valence-electron chi connectivity index (χ3n) is 5.54. The molecule has 2 aromatic rings. The van der Waals surface area contributed by atoms with Gasteiger partial charge in [0.15, 0.2) is 0 Å². The summed E-state index contributed by atoms with van der Waals surface area (Å²) in [5, 5.41) is 23.4. The molecule has 1 aliphatic rings. The van der Waals surface area contributed by atoms with E-state index in [1.165, 1.54) is 22.5 Å². The van der Waals surface area contributed by atoms with Gasteiger partial charge in [-0.25, -0.2) is 0 Å². The summed E-state index contributed by atoms with van der Waals surface area (Å²) in [5.74, 6) is 0.977. The molecule has 164 valence electrons. The number of rotatable bonds is 7. The first-order valence-corrected chi connectivity index (χ1v) is 11.3. The van der Waals surface area contributed by atoms with Crippen LogP contribution in [0.5, 0.6) is 5.75 Å². The second-order valence-corrected chi connectivity index (χ2v) is 9.55. The van der Waals surface area contributed by atoms with Crippen LogP contribution in [0.4, 0.5) is 5.13 Å². The predicted molar refractivity (Wildman–Crippen MR) is 119 cm³/mol. The number of anilines is 1. The van der Waals surface area contributed by atoms with Crippen molar-refractivity contribution in [2.45, 2.75) is 58.5 Å². The minimum atomic E-state index is -0.880. The molecule has 1 atom stereocenters. The SMILES string of the molecule is Cc1ccc(OCC2(O)CCCN(CC(=O)Nc3nnc(C(C)C)s3)CC2)cc1C. The van der Waals surface area contributed by atoms with E-state index in [0.29, 0.717) is 30.4 Å². The number of hydrogen-bond donors (Lipinski definition) is 2. The molecule has 0 spiro atoms. The number of amides is 1. The number of carbonyl (C=O) groups excluding carboxylic acids is 1. The van der Waals surface area contributed by atoms with Crippen molar-refractivity contribution in [2.75, 3.05) is 31.6 Å². The smallest absolute Gasteiger partial charge is 0.240 e.